The van der Waals surface area contributed by atoms with Gasteiger partial charge in [-0.05, 0) is 37.5 Å². The first-order valence-corrected chi connectivity index (χ1v) is 10.2. The van der Waals surface area contributed by atoms with Gasteiger partial charge >= 0.3 is 0 Å². The van der Waals surface area contributed by atoms with E-state index in [1.54, 1.807) is 12.1 Å². The summed E-state index contributed by atoms with van der Waals surface area (Å²) < 4.78 is 25.1. The molecule has 1 amide bonds. The minimum absolute atomic E-state index is 0.0349. The molecule has 1 saturated heterocycles. The Bertz CT molecular complexity index is 656. The molecule has 0 aliphatic carbocycles. The van der Waals surface area contributed by atoms with Crippen molar-refractivity contribution in [3.8, 4) is 0 Å². The largest absolute Gasteiger partial charge is 0.348 e. The van der Waals surface area contributed by atoms with E-state index in [2.05, 4.69) is 10.0 Å². The number of halogens is 1. The lowest BCUT2D eigenvalue weighted by Gasteiger charge is -2.31. The molecule has 1 aliphatic heterocycles. The SMILES string of the molecule is CC(NC(=O)CN1CCC(NS(C)(=O)=O)CC1)c1ccc(Cl)cc1. The number of sulfonamides is 1. The molecule has 2 rings (SSSR count). The highest BCUT2D eigenvalue weighted by Crippen LogP contribution is 2.16. The van der Waals surface area contributed by atoms with Crippen LogP contribution in [0.15, 0.2) is 24.3 Å². The van der Waals surface area contributed by atoms with Gasteiger partial charge in [-0.25, -0.2) is 13.1 Å². The Balaban J connectivity index is 1.76. The fourth-order valence-electron chi connectivity index (χ4n) is 2.84. The summed E-state index contributed by atoms with van der Waals surface area (Å²) in [6.07, 6.45) is 2.60. The van der Waals surface area contributed by atoms with Crippen molar-refractivity contribution in [1.29, 1.82) is 0 Å². The predicted octanol–water partition coefficient (Wildman–Crippen LogP) is 1.53. The fraction of sp³-hybridized carbons (Fsp3) is 0.562. The van der Waals surface area contributed by atoms with Crippen molar-refractivity contribution in [2.75, 3.05) is 25.9 Å². The molecule has 1 unspecified atom stereocenters. The van der Waals surface area contributed by atoms with Crippen LogP contribution in [-0.2, 0) is 14.8 Å². The van der Waals surface area contributed by atoms with E-state index in [9.17, 15) is 13.2 Å². The molecule has 1 aromatic rings. The molecule has 1 aromatic carbocycles. The molecule has 0 aromatic heterocycles. The van der Waals surface area contributed by atoms with E-state index in [1.807, 2.05) is 24.0 Å². The molecule has 2 N–H and O–H groups in total. The zero-order chi connectivity index (χ0) is 17.7. The van der Waals surface area contributed by atoms with Crippen molar-refractivity contribution in [3.05, 3.63) is 34.9 Å². The Morgan fingerprint density at radius 2 is 1.88 bits per heavy atom. The molecular weight excluding hydrogens is 350 g/mol. The van der Waals surface area contributed by atoms with E-state index in [1.165, 1.54) is 6.26 Å². The highest BCUT2D eigenvalue weighted by Gasteiger charge is 2.23. The van der Waals surface area contributed by atoms with Crippen LogP contribution < -0.4 is 10.0 Å². The monoisotopic (exact) mass is 373 g/mol. The second-order valence-corrected chi connectivity index (χ2v) is 8.50. The van der Waals surface area contributed by atoms with Crippen LogP contribution in [0.5, 0.6) is 0 Å². The number of nitrogens with zero attached hydrogens (tertiary/aromatic N) is 1. The third-order valence-corrected chi connectivity index (χ3v) is 5.10. The molecule has 0 spiro atoms. The van der Waals surface area contributed by atoms with Gasteiger partial charge in [0.05, 0.1) is 18.8 Å². The van der Waals surface area contributed by atoms with E-state index >= 15 is 0 Å². The average molecular weight is 374 g/mol. The summed E-state index contributed by atoms with van der Waals surface area (Å²) in [7, 11) is -3.17. The van der Waals surface area contributed by atoms with Gasteiger partial charge in [0, 0.05) is 24.2 Å². The molecule has 134 valence electrons. The van der Waals surface area contributed by atoms with Crippen LogP contribution in [0.4, 0.5) is 0 Å². The Hall–Kier alpha value is -1.15. The zero-order valence-corrected chi connectivity index (χ0v) is 15.5. The van der Waals surface area contributed by atoms with E-state index in [-0.39, 0.29) is 18.0 Å². The van der Waals surface area contributed by atoms with Crippen LogP contribution in [0.1, 0.15) is 31.4 Å². The number of piperidine rings is 1. The smallest absolute Gasteiger partial charge is 0.234 e. The van der Waals surface area contributed by atoms with Gasteiger partial charge in [0.1, 0.15) is 0 Å². The molecule has 0 bridgehead atoms. The molecule has 1 heterocycles. The van der Waals surface area contributed by atoms with E-state index in [0.29, 0.717) is 37.5 Å². The summed E-state index contributed by atoms with van der Waals surface area (Å²) in [5.41, 5.74) is 1.00. The molecule has 1 aliphatic rings. The van der Waals surface area contributed by atoms with Gasteiger partial charge < -0.3 is 5.32 Å². The Labute approximate surface area is 148 Å². The van der Waals surface area contributed by atoms with Crippen LogP contribution in [0.2, 0.25) is 5.02 Å². The molecule has 24 heavy (non-hydrogen) atoms. The summed E-state index contributed by atoms with van der Waals surface area (Å²) in [5.74, 6) is -0.0352. The Morgan fingerprint density at radius 3 is 2.42 bits per heavy atom. The summed E-state index contributed by atoms with van der Waals surface area (Å²) in [6.45, 7) is 3.67. The van der Waals surface area contributed by atoms with Crippen molar-refractivity contribution in [2.24, 2.45) is 0 Å². The molecule has 0 saturated carbocycles. The second-order valence-electron chi connectivity index (χ2n) is 6.28. The van der Waals surface area contributed by atoms with Crippen molar-refractivity contribution in [1.82, 2.24) is 14.9 Å². The number of carbonyl (C=O) groups is 1. The number of likely N-dealkylation sites (tertiary alicyclic amines) is 1. The van der Waals surface area contributed by atoms with Gasteiger partial charge in [-0.3, -0.25) is 9.69 Å². The number of nitrogens with one attached hydrogen (secondary N) is 2. The first-order valence-electron chi connectivity index (χ1n) is 7.97. The summed E-state index contributed by atoms with van der Waals surface area (Å²) in [4.78, 5) is 14.2. The average Bonchev–Trinajstić information content (AvgIpc) is 2.48. The van der Waals surface area contributed by atoms with Crippen LogP contribution >= 0.6 is 11.6 Å². The normalized spacial score (nSPS) is 18.3. The third kappa shape index (κ3) is 6.39. The maximum atomic E-state index is 12.2. The maximum Gasteiger partial charge on any atom is 0.234 e. The number of benzene rings is 1. The van der Waals surface area contributed by atoms with E-state index in [4.69, 9.17) is 11.6 Å². The minimum Gasteiger partial charge on any atom is -0.348 e. The van der Waals surface area contributed by atoms with Crippen LogP contribution in [0.25, 0.3) is 0 Å². The third-order valence-electron chi connectivity index (χ3n) is 4.08. The number of amides is 1. The van der Waals surface area contributed by atoms with Gasteiger partial charge in [0.25, 0.3) is 0 Å². The van der Waals surface area contributed by atoms with E-state index in [0.717, 1.165) is 5.56 Å². The van der Waals surface area contributed by atoms with Gasteiger partial charge in [-0.15, -0.1) is 0 Å². The number of hydrogen-bond acceptors (Lipinski definition) is 4. The first kappa shape index (κ1) is 19.2. The lowest BCUT2D eigenvalue weighted by Crippen LogP contribution is -2.47. The lowest BCUT2D eigenvalue weighted by atomic mass is 10.1. The van der Waals surface area contributed by atoms with Gasteiger partial charge in [-0.2, -0.15) is 0 Å². The number of rotatable bonds is 6. The molecule has 1 fully saturated rings. The first-order chi connectivity index (χ1) is 11.2. The number of hydrogen-bond donors (Lipinski definition) is 2. The molecule has 8 heteroatoms. The molecule has 0 radical (unpaired) electrons. The highest BCUT2D eigenvalue weighted by atomic mass is 35.5. The van der Waals surface area contributed by atoms with E-state index < -0.39 is 10.0 Å². The zero-order valence-electron chi connectivity index (χ0n) is 14.0. The van der Waals surface area contributed by atoms with Gasteiger partial charge in [0.2, 0.25) is 15.9 Å². The Morgan fingerprint density at radius 1 is 1.29 bits per heavy atom. The van der Waals surface area contributed by atoms with Crippen LogP contribution in [0, 0.1) is 0 Å². The Kier molecular flexibility index (Phi) is 6.62. The quantitative estimate of drug-likeness (QED) is 0.792. The van der Waals surface area contributed by atoms with Crippen molar-refractivity contribution >= 4 is 27.5 Å². The standard InChI is InChI=1S/C16H24ClN3O3S/c1-12(13-3-5-14(17)6-4-13)18-16(21)11-20-9-7-15(8-10-20)19-24(2,22)23/h3-6,12,15,19H,7-11H2,1-2H3,(H,18,21). The molecule has 1 atom stereocenters. The topological polar surface area (TPSA) is 78.5 Å². The summed E-state index contributed by atoms with van der Waals surface area (Å²) in [5, 5.41) is 3.65. The van der Waals surface area contributed by atoms with Crippen molar-refractivity contribution in [2.45, 2.75) is 31.8 Å². The lowest BCUT2D eigenvalue weighted by molar-refractivity contribution is -0.123. The van der Waals surface area contributed by atoms with Crippen molar-refractivity contribution < 1.29 is 13.2 Å². The van der Waals surface area contributed by atoms with Crippen LogP contribution in [-0.4, -0.2) is 51.2 Å². The minimum atomic E-state index is -3.17. The van der Waals surface area contributed by atoms with Crippen molar-refractivity contribution in [3.63, 3.8) is 0 Å². The molecule has 6 nitrogen and oxygen atoms in total. The predicted molar refractivity (Wildman–Crippen MR) is 95.5 cm³/mol. The highest BCUT2D eigenvalue weighted by molar-refractivity contribution is 7.88. The fourth-order valence-corrected chi connectivity index (χ4v) is 3.80. The maximum absolute atomic E-state index is 12.2. The number of carbonyl (C=O) groups excluding carboxylic acids is 1. The summed E-state index contributed by atoms with van der Waals surface area (Å²) >= 11 is 5.87. The molecular formula is C16H24ClN3O3S. The van der Waals surface area contributed by atoms with Crippen LogP contribution in [0.3, 0.4) is 0 Å². The van der Waals surface area contributed by atoms with Gasteiger partial charge in [-0.1, -0.05) is 23.7 Å². The van der Waals surface area contributed by atoms with Gasteiger partial charge in [0.15, 0.2) is 0 Å². The second kappa shape index (κ2) is 8.29. The summed E-state index contributed by atoms with van der Waals surface area (Å²) in [6, 6.07) is 7.29.